The van der Waals surface area contributed by atoms with E-state index < -0.39 is 18.3 Å². The number of carbonyl (C=O) groups is 1. The zero-order valence-corrected chi connectivity index (χ0v) is 18.7. The minimum Gasteiger partial charge on any atom is -0.493 e. The Hall–Kier alpha value is -3.47. The minimum atomic E-state index is -5.17. The summed E-state index contributed by atoms with van der Waals surface area (Å²) < 4.78 is 50.5. The number of pyridine rings is 1. The molecular formula is C22H17BrF3N3O4. The highest BCUT2D eigenvalue weighted by Crippen LogP contribution is 2.43. The second kappa shape index (κ2) is 9.18. The normalized spacial score (nSPS) is 14.9. The third kappa shape index (κ3) is 4.98. The first-order chi connectivity index (χ1) is 15.8. The molecule has 2 heterocycles. The van der Waals surface area contributed by atoms with Gasteiger partial charge in [0, 0.05) is 16.2 Å². The van der Waals surface area contributed by atoms with Crippen LogP contribution in [0.3, 0.4) is 0 Å². The van der Waals surface area contributed by atoms with Gasteiger partial charge in [-0.3, -0.25) is 0 Å². The molecule has 0 aliphatic carbocycles. The van der Waals surface area contributed by atoms with Gasteiger partial charge in [0.2, 0.25) is 0 Å². The molecule has 1 atom stereocenters. The molecule has 7 nitrogen and oxygen atoms in total. The number of aromatic nitrogens is 1. The number of halogens is 4. The van der Waals surface area contributed by atoms with E-state index in [9.17, 15) is 18.0 Å². The summed E-state index contributed by atoms with van der Waals surface area (Å²) in [4.78, 5) is 20.5. The van der Waals surface area contributed by atoms with Crippen LogP contribution in [0.4, 0.5) is 24.7 Å². The molecule has 0 saturated carbocycles. The molecule has 0 amide bonds. The van der Waals surface area contributed by atoms with E-state index in [1.807, 2.05) is 30.3 Å². The maximum Gasteiger partial charge on any atom is 0.493 e. The Kier molecular flexibility index (Phi) is 6.32. The van der Waals surface area contributed by atoms with Crippen molar-refractivity contribution in [1.82, 2.24) is 4.98 Å². The zero-order chi connectivity index (χ0) is 23.6. The third-order valence-corrected chi connectivity index (χ3v) is 5.17. The van der Waals surface area contributed by atoms with Crippen molar-refractivity contribution in [3.63, 3.8) is 0 Å². The standard InChI is InChI=1S/C22H17BrF3N3O4/c1-31-18-9-14(7-8-17(18)32-12-13-5-3-2-4-6-13)20-28-19-16(10-15(23)11-27-19)29(20)33-21(30)22(24,25)26/h2-11,20H,12H2,1H3,(H,27,28). The lowest BCUT2D eigenvalue weighted by molar-refractivity contribution is -0.201. The summed E-state index contributed by atoms with van der Waals surface area (Å²) in [7, 11) is 1.45. The van der Waals surface area contributed by atoms with Gasteiger partial charge in [0.15, 0.2) is 23.5 Å². The van der Waals surface area contributed by atoms with Crippen molar-refractivity contribution in [2.75, 3.05) is 17.5 Å². The van der Waals surface area contributed by atoms with E-state index in [1.54, 1.807) is 18.2 Å². The minimum absolute atomic E-state index is 0.162. The summed E-state index contributed by atoms with van der Waals surface area (Å²) >= 11 is 3.23. The van der Waals surface area contributed by atoms with Gasteiger partial charge < -0.3 is 19.6 Å². The van der Waals surface area contributed by atoms with Crippen LogP contribution in [0.2, 0.25) is 0 Å². The number of hydrogen-bond donors (Lipinski definition) is 1. The van der Waals surface area contributed by atoms with Gasteiger partial charge in [0.25, 0.3) is 0 Å². The van der Waals surface area contributed by atoms with E-state index in [2.05, 4.69) is 26.2 Å². The highest BCUT2D eigenvalue weighted by atomic mass is 79.9. The molecule has 1 aliphatic rings. The number of nitrogens with one attached hydrogen (secondary N) is 1. The lowest BCUT2D eigenvalue weighted by Gasteiger charge is -2.26. The number of benzene rings is 2. The lowest BCUT2D eigenvalue weighted by atomic mass is 10.1. The second-order valence-corrected chi connectivity index (χ2v) is 7.87. The zero-order valence-electron chi connectivity index (χ0n) is 17.1. The van der Waals surface area contributed by atoms with Gasteiger partial charge in [0.1, 0.15) is 12.3 Å². The highest BCUT2D eigenvalue weighted by molar-refractivity contribution is 9.10. The number of anilines is 2. The van der Waals surface area contributed by atoms with Gasteiger partial charge in [-0.05, 0) is 39.7 Å². The molecule has 1 aliphatic heterocycles. The van der Waals surface area contributed by atoms with Crippen LogP contribution in [0.1, 0.15) is 17.3 Å². The summed E-state index contributed by atoms with van der Waals surface area (Å²) in [5.41, 5.74) is 1.58. The first-order valence-corrected chi connectivity index (χ1v) is 10.4. The Morgan fingerprint density at radius 3 is 2.61 bits per heavy atom. The molecule has 1 unspecified atom stereocenters. The van der Waals surface area contributed by atoms with Gasteiger partial charge in [-0.25, -0.2) is 9.78 Å². The Balaban J connectivity index is 1.62. The van der Waals surface area contributed by atoms with Gasteiger partial charge in [-0.15, -0.1) is 0 Å². The fourth-order valence-corrected chi connectivity index (χ4v) is 3.52. The van der Waals surface area contributed by atoms with E-state index in [0.717, 1.165) is 10.6 Å². The van der Waals surface area contributed by atoms with Crippen LogP contribution in [-0.2, 0) is 16.2 Å². The predicted molar refractivity (Wildman–Crippen MR) is 117 cm³/mol. The maximum atomic E-state index is 12.9. The van der Waals surface area contributed by atoms with Crippen molar-refractivity contribution in [2.45, 2.75) is 18.9 Å². The Morgan fingerprint density at radius 2 is 1.91 bits per heavy atom. The van der Waals surface area contributed by atoms with Gasteiger partial charge in [-0.1, -0.05) is 36.4 Å². The van der Waals surface area contributed by atoms with Crippen molar-refractivity contribution in [3.05, 3.63) is 76.4 Å². The summed E-state index contributed by atoms with van der Waals surface area (Å²) in [6.07, 6.45) is -4.68. The fourth-order valence-electron chi connectivity index (χ4n) is 3.21. The monoisotopic (exact) mass is 523 g/mol. The van der Waals surface area contributed by atoms with E-state index in [-0.39, 0.29) is 11.5 Å². The maximum absolute atomic E-state index is 12.9. The quantitative estimate of drug-likeness (QED) is 0.464. The largest absolute Gasteiger partial charge is 0.493 e. The van der Waals surface area contributed by atoms with Crippen molar-refractivity contribution in [3.8, 4) is 11.5 Å². The molecule has 1 N–H and O–H groups in total. The van der Waals surface area contributed by atoms with Crippen LogP contribution in [0.15, 0.2) is 65.3 Å². The molecule has 0 bridgehead atoms. The summed E-state index contributed by atoms with van der Waals surface area (Å²) in [6, 6.07) is 15.9. The summed E-state index contributed by atoms with van der Waals surface area (Å²) in [5.74, 6) is -1.30. The van der Waals surface area contributed by atoms with E-state index in [0.29, 0.717) is 28.1 Å². The molecule has 4 rings (SSSR count). The van der Waals surface area contributed by atoms with Crippen LogP contribution in [-0.4, -0.2) is 24.2 Å². The van der Waals surface area contributed by atoms with Crippen LogP contribution >= 0.6 is 15.9 Å². The molecular weight excluding hydrogens is 507 g/mol. The Labute approximate surface area is 195 Å². The number of rotatable bonds is 6. The van der Waals surface area contributed by atoms with Crippen LogP contribution in [0, 0.1) is 0 Å². The van der Waals surface area contributed by atoms with Gasteiger partial charge in [-0.2, -0.15) is 18.2 Å². The van der Waals surface area contributed by atoms with Crippen molar-refractivity contribution in [2.24, 2.45) is 0 Å². The summed E-state index contributed by atoms with van der Waals surface area (Å²) in [6.45, 7) is 0.303. The van der Waals surface area contributed by atoms with Crippen molar-refractivity contribution < 1.29 is 32.3 Å². The van der Waals surface area contributed by atoms with Crippen molar-refractivity contribution in [1.29, 1.82) is 0 Å². The third-order valence-electron chi connectivity index (χ3n) is 4.73. The molecule has 11 heteroatoms. The topological polar surface area (TPSA) is 72.9 Å². The average molecular weight is 524 g/mol. The van der Waals surface area contributed by atoms with E-state index >= 15 is 0 Å². The van der Waals surface area contributed by atoms with E-state index in [1.165, 1.54) is 19.4 Å². The van der Waals surface area contributed by atoms with Crippen LogP contribution in [0.25, 0.3) is 0 Å². The molecule has 2 aromatic carbocycles. The number of hydrogen-bond acceptors (Lipinski definition) is 7. The first-order valence-electron chi connectivity index (χ1n) is 9.61. The van der Waals surface area contributed by atoms with Crippen LogP contribution in [0.5, 0.6) is 11.5 Å². The van der Waals surface area contributed by atoms with Gasteiger partial charge >= 0.3 is 12.1 Å². The lowest BCUT2D eigenvalue weighted by Crippen LogP contribution is -2.36. The molecule has 1 aromatic heterocycles. The summed E-state index contributed by atoms with van der Waals surface area (Å²) in [5, 5.41) is 3.80. The molecule has 0 spiro atoms. The van der Waals surface area contributed by atoms with Crippen molar-refractivity contribution >= 4 is 33.4 Å². The van der Waals surface area contributed by atoms with Gasteiger partial charge in [0.05, 0.1) is 7.11 Å². The molecule has 172 valence electrons. The number of fused-ring (bicyclic) bond motifs is 1. The molecule has 33 heavy (non-hydrogen) atoms. The predicted octanol–water partition coefficient (Wildman–Crippen LogP) is 5.38. The number of nitrogens with zero attached hydrogens (tertiary/aromatic N) is 2. The second-order valence-electron chi connectivity index (χ2n) is 6.96. The van der Waals surface area contributed by atoms with Crippen LogP contribution < -0.4 is 19.9 Å². The van der Waals surface area contributed by atoms with E-state index in [4.69, 9.17) is 14.3 Å². The number of methoxy groups -OCH3 is 1. The SMILES string of the molecule is COc1cc(C2Nc3ncc(Br)cc3N2OC(=O)C(F)(F)F)ccc1OCc1ccccc1. The smallest absolute Gasteiger partial charge is 0.493 e. The molecule has 0 fully saturated rings. The number of ether oxygens (including phenoxy) is 2. The first kappa shape index (κ1) is 22.7. The molecule has 0 saturated heterocycles. The average Bonchev–Trinajstić information content (AvgIpc) is 3.15. The number of hydroxylamine groups is 1. The molecule has 0 radical (unpaired) electrons. The number of carbonyl (C=O) groups excluding carboxylic acids is 1. The molecule has 3 aromatic rings. The number of alkyl halides is 3. The highest BCUT2D eigenvalue weighted by Gasteiger charge is 2.45. The Morgan fingerprint density at radius 1 is 1.15 bits per heavy atom. The Bertz CT molecular complexity index is 1160. The fraction of sp³-hybridized carbons (Fsp3) is 0.182.